The van der Waals surface area contributed by atoms with Crippen molar-refractivity contribution >= 4 is 39.5 Å². The lowest BCUT2D eigenvalue weighted by atomic mass is 9.99. The number of aliphatic hydroxyl groups excluding tert-OH is 1. The second-order valence-electron chi connectivity index (χ2n) is 26.9. The summed E-state index contributed by atoms with van der Waals surface area (Å²) in [6.07, 6.45) is 47.0. The third kappa shape index (κ3) is 63.9. The van der Waals surface area contributed by atoms with Crippen molar-refractivity contribution in [1.82, 2.24) is 0 Å². The molecule has 0 rings (SSSR count). The molecule has 0 spiro atoms. The first-order chi connectivity index (χ1) is 43.8. The van der Waals surface area contributed by atoms with E-state index in [-0.39, 0.29) is 25.7 Å². The summed E-state index contributed by atoms with van der Waals surface area (Å²) >= 11 is 0. The Bertz CT molecular complexity index is 1790. The van der Waals surface area contributed by atoms with Gasteiger partial charge in [0.1, 0.15) is 19.3 Å². The van der Waals surface area contributed by atoms with Crippen LogP contribution >= 0.6 is 15.6 Å². The van der Waals surface area contributed by atoms with E-state index in [9.17, 15) is 43.2 Å². The highest BCUT2D eigenvalue weighted by atomic mass is 31.2. The minimum atomic E-state index is -4.95. The van der Waals surface area contributed by atoms with Crippen LogP contribution in [0.3, 0.4) is 0 Å². The van der Waals surface area contributed by atoms with Crippen LogP contribution in [0.5, 0.6) is 0 Å². The molecule has 0 saturated carbocycles. The number of carbonyl (C=O) groups is 4. The first kappa shape index (κ1) is 89.1. The van der Waals surface area contributed by atoms with E-state index >= 15 is 0 Å². The molecule has 0 aromatic heterocycles. The van der Waals surface area contributed by atoms with Crippen molar-refractivity contribution in [3.63, 3.8) is 0 Å². The third-order valence-corrected chi connectivity index (χ3v) is 19.3. The molecule has 91 heavy (non-hydrogen) atoms. The van der Waals surface area contributed by atoms with Gasteiger partial charge in [0, 0.05) is 25.7 Å². The van der Waals surface area contributed by atoms with Gasteiger partial charge in [-0.2, -0.15) is 0 Å². The first-order valence-electron chi connectivity index (χ1n) is 37.4. The van der Waals surface area contributed by atoms with E-state index in [0.717, 1.165) is 108 Å². The van der Waals surface area contributed by atoms with Gasteiger partial charge in [0.25, 0.3) is 0 Å². The fourth-order valence-corrected chi connectivity index (χ4v) is 12.4. The van der Waals surface area contributed by atoms with E-state index in [1.54, 1.807) is 0 Å². The van der Waals surface area contributed by atoms with Crippen molar-refractivity contribution in [3.8, 4) is 0 Å². The minimum absolute atomic E-state index is 0.104. The van der Waals surface area contributed by atoms with E-state index in [4.69, 9.17) is 37.0 Å². The standard InChI is InChI=1S/C72H140O17P2/c1-8-11-12-13-14-15-16-17-20-23-32-39-46-53-69(74)82-59-67(88-71(76)55-48-41-34-24-21-18-19-22-29-36-43-50-63(4)5)61-86-90(78,79)84-57-66(73)58-85-91(80,81)87-62-68(89-72(77)56-49-42-35-28-26-31-38-45-52-65(7)10-3)60-83-70(75)54-47-40-33-27-25-30-37-44-51-64(6)9-2/h63-68,73H,8-62H2,1-7H3,(H,78,79)(H,80,81)/t64?,65?,66-,67-,68-/m1/s1. The molecule has 0 aliphatic carbocycles. The largest absolute Gasteiger partial charge is 0.472 e. The Kier molecular flexibility index (Phi) is 61.5. The van der Waals surface area contributed by atoms with Crippen LogP contribution in [0.15, 0.2) is 0 Å². The van der Waals surface area contributed by atoms with Crippen LogP contribution in [0, 0.1) is 17.8 Å². The van der Waals surface area contributed by atoms with E-state index in [1.165, 1.54) is 173 Å². The normalized spacial score (nSPS) is 14.8. The molecule has 0 aliphatic rings. The van der Waals surface area contributed by atoms with Crippen LogP contribution in [-0.2, 0) is 65.4 Å². The molecule has 0 bridgehead atoms. The van der Waals surface area contributed by atoms with E-state index < -0.39 is 97.5 Å². The number of phosphoric ester groups is 2. The van der Waals surface area contributed by atoms with E-state index in [2.05, 4.69) is 48.5 Å². The number of rotatable bonds is 70. The minimum Gasteiger partial charge on any atom is -0.462 e. The summed E-state index contributed by atoms with van der Waals surface area (Å²) in [5, 5.41) is 10.6. The molecule has 0 radical (unpaired) electrons. The molecular formula is C72H140O17P2. The zero-order chi connectivity index (χ0) is 67.3. The molecule has 7 atom stereocenters. The number of ether oxygens (including phenoxy) is 4. The second kappa shape index (κ2) is 62.8. The molecule has 0 heterocycles. The maximum absolute atomic E-state index is 13.0. The summed E-state index contributed by atoms with van der Waals surface area (Å²) in [7, 11) is -9.91. The fraction of sp³-hybridized carbons (Fsp3) is 0.944. The highest BCUT2D eigenvalue weighted by molar-refractivity contribution is 7.47. The predicted octanol–water partition coefficient (Wildman–Crippen LogP) is 20.6. The van der Waals surface area contributed by atoms with Crippen molar-refractivity contribution in [2.75, 3.05) is 39.6 Å². The molecule has 0 aromatic rings. The van der Waals surface area contributed by atoms with Crippen LogP contribution < -0.4 is 0 Å². The zero-order valence-electron chi connectivity index (χ0n) is 59.3. The average Bonchev–Trinajstić information content (AvgIpc) is 2.80. The molecule has 0 amide bonds. The molecule has 3 N–H and O–H groups in total. The lowest BCUT2D eigenvalue weighted by Crippen LogP contribution is -2.30. The number of aliphatic hydroxyl groups is 1. The van der Waals surface area contributed by atoms with E-state index in [0.29, 0.717) is 25.7 Å². The number of unbranched alkanes of at least 4 members (excludes halogenated alkanes) is 36. The Morgan fingerprint density at radius 3 is 0.835 bits per heavy atom. The highest BCUT2D eigenvalue weighted by Crippen LogP contribution is 2.45. The smallest absolute Gasteiger partial charge is 0.462 e. The highest BCUT2D eigenvalue weighted by Gasteiger charge is 2.30. The van der Waals surface area contributed by atoms with Crippen molar-refractivity contribution < 1.29 is 80.2 Å². The summed E-state index contributed by atoms with van der Waals surface area (Å²) in [5.74, 6) is 0.189. The van der Waals surface area contributed by atoms with Gasteiger partial charge in [0.2, 0.25) is 0 Å². The van der Waals surface area contributed by atoms with Crippen molar-refractivity contribution in [2.45, 2.75) is 381 Å². The van der Waals surface area contributed by atoms with Gasteiger partial charge < -0.3 is 33.8 Å². The first-order valence-corrected chi connectivity index (χ1v) is 40.4. The Hall–Kier alpha value is -1.94. The van der Waals surface area contributed by atoms with Gasteiger partial charge in [-0.1, -0.05) is 312 Å². The number of esters is 4. The topological polar surface area (TPSA) is 237 Å². The third-order valence-electron chi connectivity index (χ3n) is 17.4. The van der Waals surface area contributed by atoms with Crippen LogP contribution in [0.25, 0.3) is 0 Å². The summed E-state index contributed by atoms with van der Waals surface area (Å²) in [4.78, 5) is 72.7. The van der Waals surface area contributed by atoms with Crippen LogP contribution in [0.1, 0.15) is 363 Å². The maximum Gasteiger partial charge on any atom is 0.472 e. The fourth-order valence-electron chi connectivity index (χ4n) is 10.8. The summed E-state index contributed by atoms with van der Waals surface area (Å²) < 4.78 is 68.4. The molecule has 0 aromatic carbocycles. The van der Waals surface area contributed by atoms with Gasteiger partial charge in [-0.05, 0) is 43.4 Å². The van der Waals surface area contributed by atoms with Gasteiger partial charge in [0.05, 0.1) is 26.4 Å². The zero-order valence-corrected chi connectivity index (χ0v) is 61.1. The molecular weight excluding hydrogens is 1200 g/mol. The molecule has 17 nitrogen and oxygen atoms in total. The van der Waals surface area contributed by atoms with Crippen LogP contribution in [0.4, 0.5) is 0 Å². The number of carbonyl (C=O) groups excluding carboxylic acids is 4. The predicted molar refractivity (Wildman–Crippen MR) is 368 cm³/mol. The SMILES string of the molecule is CCCCCCCCCCCCCCCC(=O)OC[C@H](COP(=O)(O)OC[C@@H](O)COP(=O)(O)OC[C@@H](COC(=O)CCCCCCCCCCC(C)CC)OC(=O)CCCCCCCCCCC(C)CC)OC(=O)CCCCCCCCCCCCCC(C)C. The Labute approximate surface area is 556 Å². The summed E-state index contributed by atoms with van der Waals surface area (Å²) in [6.45, 7) is 11.9. The molecule has 0 aliphatic heterocycles. The van der Waals surface area contributed by atoms with Crippen molar-refractivity contribution in [3.05, 3.63) is 0 Å². The maximum atomic E-state index is 13.0. The number of hydrogen-bond donors (Lipinski definition) is 3. The van der Waals surface area contributed by atoms with Crippen molar-refractivity contribution in [2.24, 2.45) is 17.8 Å². The quantitative estimate of drug-likeness (QED) is 0.0222. The second-order valence-corrected chi connectivity index (χ2v) is 29.8. The summed E-state index contributed by atoms with van der Waals surface area (Å²) in [6, 6.07) is 0. The van der Waals surface area contributed by atoms with Gasteiger partial charge in [-0.25, -0.2) is 9.13 Å². The summed E-state index contributed by atoms with van der Waals surface area (Å²) in [5.41, 5.74) is 0. The molecule has 4 unspecified atom stereocenters. The Morgan fingerprint density at radius 2 is 0.560 bits per heavy atom. The van der Waals surface area contributed by atoms with Crippen LogP contribution in [0.2, 0.25) is 0 Å². The Morgan fingerprint density at radius 1 is 0.319 bits per heavy atom. The number of hydrogen-bond acceptors (Lipinski definition) is 15. The van der Waals surface area contributed by atoms with E-state index in [1.807, 2.05) is 0 Å². The van der Waals surface area contributed by atoms with Crippen molar-refractivity contribution in [1.29, 1.82) is 0 Å². The van der Waals surface area contributed by atoms with Gasteiger partial charge in [0.15, 0.2) is 12.2 Å². The Balaban J connectivity index is 5.28. The molecule has 19 heteroatoms. The van der Waals surface area contributed by atoms with Gasteiger partial charge in [-0.15, -0.1) is 0 Å². The van der Waals surface area contributed by atoms with Gasteiger partial charge >= 0.3 is 39.5 Å². The molecule has 0 saturated heterocycles. The average molecular weight is 1340 g/mol. The molecule has 540 valence electrons. The lowest BCUT2D eigenvalue weighted by Gasteiger charge is -2.21. The molecule has 0 fully saturated rings. The van der Waals surface area contributed by atoms with Crippen LogP contribution in [-0.4, -0.2) is 96.7 Å². The number of phosphoric acid groups is 2. The lowest BCUT2D eigenvalue weighted by molar-refractivity contribution is -0.161. The monoisotopic (exact) mass is 1340 g/mol. The van der Waals surface area contributed by atoms with Gasteiger partial charge in [-0.3, -0.25) is 37.3 Å².